The maximum atomic E-state index is 12.0. The zero-order valence-corrected chi connectivity index (χ0v) is 11.2. The lowest BCUT2D eigenvalue weighted by Gasteiger charge is -2.05. The van der Waals surface area contributed by atoms with E-state index in [-0.39, 0.29) is 11.6 Å². The Morgan fingerprint density at radius 1 is 1.29 bits per heavy atom. The lowest BCUT2D eigenvalue weighted by molar-refractivity contribution is 0.102. The molecule has 0 aliphatic rings. The summed E-state index contributed by atoms with van der Waals surface area (Å²) in [4.78, 5) is 20.1. The SMILES string of the molecule is C=CCNc1cnc(C(=O)Nc2ccc(C#N)cc2)cn1. The van der Waals surface area contributed by atoms with Gasteiger partial charge >= 0.3 is 0 Å². The molecule has 2 rings (SSSR count). The number of hydrogen-bond acceptors (Lipinski definition) is 5. The second-order valence-corrected chi connectivity index (χ2v) is 4.10. The molecule has 2 aromatic rings. The van der Waals surface area contributed by atoms with Crippen LogP contribution < -0.4 is 10.6 Å². The molecule has 0 spiro atoms. The van der Waals surface area contributed by atoms with E-state index in [1.807, 2.05) is 6.07 Å². The van der Waals surface area contributed by atoms with Crippen LogP contribution in [0.4, 0.5) is 11.5 Å². The molecule has 0 aliphatic heterocycles. The van der Waals surface area contributed by atoms with Crippen molar-refractivity contribution in [2.75, 3.05) is 17.2 Å². The molecule has 0 saturated carbocycles. The molecule has 1 heterocycles. The van der Waals surface area contributed by atoms with E-state index < -0.39 is 0 Å². The van der Waals surface area contributed by atoms with Crippen molar-refractivity contribution in [3.05, 3.63) is 60.6 Å². The van der Waals surface area contributed by atoms with E-state index in [2.05, 4.69) is 27.2 Å². The first kappa shape index (κ1) is 14.2. The monoisotopic (exact) mass is 279 g/mol. The van der Waals surface area contributed by atoms with Gasteiger partial charge in [-0.3, -0.25) is 4.79 Å². The van der Waals surface area contributed by atoms with Crippen LogP contribution in [0.15, 0.2) is 49.3 Å². The quantitative estimate of drug-likeness (QED) is 0.819. The molecule has 0 aliphatic carbocycles. The minimum atomic E-state index is -0.359. The number of rotatable bonds is 5. The molecule has 0 saturated heterocycles. The van der Waals surface area contributed by atoms with Crippen LogP contribution in [0.25, 0.3) is 0 Å². The predicted octanol–water partition coefficient (Wildman–Crippen LogP) is 2.20. The van der Waals surface area contributed by atoms with Gasteiger partial charge in [-0.2, -0.15) is 5.26 Å². The van der Waals surface area contributed by atoms with Crippen molar-refractivity contribution >= 4 is 17.4 Å². The standard InChI is InChI=1S/C15H13N5O/c1-2-7-17-14-10-18-13(9-19-14)15(21)20-12-5-3-11(8-16)4-6-12/h2-6,9-10H,1,7H2,(H,17,19)(H,20,21). The number of nitrogens with one attached hydrogen (secondary N) is 2. The molecule has 104 valence electrons. The number of nitrogens with zero attached hydrogens (tertiary/aromatic N) is 3. The Kier molecular flexibility index (Phi) is 4.62. The van der Waals surface area contributed by atoms with Gasteiger partial charge in [0.05, 0.1) is 24.0 Å². The molecule has 0 fully saturated rings. The molecule has 1 amide bonds. The molecule has 0 unspecified atom stereocenters. The van der Waals surface area contributed by atoms with Crippen molar-refractivity contribution in [2.24, 2.45) is 0 Å². The minimum absolute atomic E-state index is 0.212. The van der Waals surface area contributed by atoms with E-state index >= 15 is 0 Å². The molecule has 1 aromatic carbocycles. The number of amides is 1. The minimum Gasteiger partial charge on any atom is -0.365 e. The van der Waals surface area contributed by atoms with Crippen LogP contribution in [0.1, 0.15) is 16.1 Å². The number of anilines is 2. The van der Waals surface area contributed by atoms with E-state index in [1.54, 1.807) is 30.3 Å². The van der Waals surface area contributed by atoms with Gasteiger partial charge in [0.2, 0.25) is 0 Å². The van der Waals surface area contributed by atoms with Gasteiger partial charge in [-0.15, -0.1) is 6.58 Å². The first-order chi connectivity index (χ1) is 10.2. The Bertz CT molecular complexity index is 671. The fraction of sp³-hybridized carbons (Fsp3) is 0.0667. The van der Waals surface area contributed by atoms with Crippen molar-refractivity contribution in [3.8, 4) is 6.07 Å². The summed E-state index contributed by atoms with van der Waals surface area (Å²) in [6, 6.07) is 8.58. The van der Waals surface area contributed by atoms with Crippen LogP contribution in [-0.2, 0) is 0 Å². The number of carbonyl (C=O) groups is 1. The molecule has 2 N–H and O–H groups in total. The number of aromatic nitrogens is 2. The molecule has 0 atom stereocenters. The normalized spacial score (nSPS) is 9.48. The van der Waals surface area contributed by atoms with E-state index in [0.717, 1.165) is 0 Å². The van der Waals surface area contributed by atoms with Gasteiger partial charge in [0.1, 0.15) is 11.5 Å². The summed E-state index contributed by atoms with van der Waals surface area (Å²) < 4.78 is 0. The van der Waals surface area contributed by atoms with Crippen molar-refractivity contribution in [3.63, 3.8) is 0 Å². The molecular weight excluding hydrogens is 266 g/mol. The van der Waals surface area contributed by atoms with E-state index in [9.17, 15) is 4.79 Å². The van der Waals surface area contributed by atoms with Gasteiger partial charge in [0, 0.05) is 12.2 Å². The fourth-order valence-corrected chi connectivity index (χ4v) is 1.54. The van der Waals surface area contributed by atoms with E-state index in [0.29, 0.717) is 23.6 Å². The summed E-state index contributed by atoms with van der Waals surface area (Å²) in [5, 5.41) is 14.4. The first-order valence-corrected chi connectivity index (χ1v) is 6.21. The van der Waals surface area contributed by atoms with E-state index in [1.165, 1.54) is 12.4 Å². The first-order valence-electron chi connectivity index (χ1n) is 6.21. The largest absolute Gasteiger partial charge is 0.365 e. The number of benzene rings is 1. The smallest absolute Gasteiger partial charge is 0.275 e. The summed E-state index contributed by atoms with van der Waals surface area (Å²) in [5.41, 5.74) is 1.34. The van der Waals surface area contributed by atoms with Crippen LogP contribution in [0.5, 0.6) is 0 Å². The van der Waals surface area contributed by atoms with Crippen molar-refractivity contribution in [2.45, 2.75) is 0 Å². The number of nitriles is 1. The molecule has 0 radical (unpaired) electrons. The molecule has 6 heteroatoms. The Morgan fingerprint density at radius 2 is 2.05 bits per heavy atom. The lowest BCUT2D eigenvalue weighted by atomic mass is 10.2. The second kappa shape index (κ2) is 6.82. The molecule has 1 aromatic heterocycles. The molecule has 0 bridgehead atoms. The third-order valence-electron chi connectivity index (χ3n) is 2.58. The highest BCUT2D eigenvalue weighted by atomic mass is 16.1. The molecule has 21 heavy (non-hydrogen) atoms. The highest BCUT2D eigenvalue weighted by Gasteiger charge is 2.08. The Labute approximate surface area is 122 Å². The predicted molar refractivity (Wildman–Crippen MR) is 79.8 cm³/mol. The van der Waals surface area contributed by atoms with Gasteiger partial charge < -0.3 is 10.6 Å². The zero-order chi connectivity index (χ0) is 15.1. The average Bonchev–Trinajstić information content (AvgIpc) is 2.54. The highest BCUT2D eigenvalue weighted by molar-refractivity contribution is 6.02. The van der Waals surface area contributed by atoms with Gasteiger partial charge in [-0.05, 0) is 24.3 Å². The third kappa shape index (κ3) is 3.88. The van der Waals surface area contributed by atoms with Crippen molar-refractivity contribution in [1.29, 1.82) is 5.26 Å². The molecule has 6 nitrogen and oxygen atoms in total. The van der Waals surface area contributed by atoms with Crippen LogP contribution >= 0.6 is 0 Å². The maximum Gasteiger partial charge on any atom is 0.275 e. The van der Waals surface area contributed by atoms with Crippen LogP contribution in [0.2, 0.25) is 0 Å². The van der Waals surface area contributed by atoms with Crippen LogP contribution in [0, 0.1) is 11.3 Å². The lowest BCUT2D eigenvalue weighted by Crippen LogP contribution is -2.14. The Balaban J connectivity index is 2.02. The fourth-order valence-electron chi connectivity index (χ4n) is 1.54. The number of carbonyl (C=O) groups excluding carboxylic acids is 1. The van der Waals surface area contributed by atoms with Crippen LogP contribution in [-0.4, -0.2) is 22.4 Å². The van der Waals surface area contributed by atoms with E-state index in [4.69, 9.17) is 5.26 Å². The average molecular weight is 279 g/mol. The summed E-state index contributed by atoms with van der Waals surface area (Å²) in [6.07, 6.45) is 4.58. The summed E-state index contributed by atoms with van der Waals surface area (Å²) >= 11 is 0. The third-order valence-corrected chi connectivity index (χ3v) is 2.58. The van der Waals surface area contributed by atoms with Gasteiger partial charge in [-0.25, -0.2) is 9.97 Å². The van der Waals surface area contributed by atoms with Gasteiger partial charge in [-0.1, -0.05) is 6.08 Å². The van der Waals surface area contributed by atoms with Gasteiger partial charge in [0.25, 0.3) is 5.91 Å². The van der Waals surface area contributed by atoms with Crippen molar-refractivity contribution in [1.82, 2.24) is 9.97 Å². The summed E-state index contributed by atoms with van der Waals surface area (Å²) in [7, 11) is 0. The van der Waals surface area contributed by atoms with Gasteiger partial charge in [0.15, 0.2) is 0 Å². The topological polar surface area (TPSA) is 90.7 Å². The molecular formula is C15H13N5O. The summed E-state index contributed by atoms with van der Waals surface area (Å²) in [6.45, 7) is 4.16. The maximum absolute atomic E-state index is 12.0. The van der Waals surface area contributed by atoms with Crippen LogP contribution in [0.3, 0.4) is 0 Å². The zero-order valence-electron chi connectivity index (χ0n) is 11.2. The second-order valence-electron chi connectivity index (χ2n) is 4.10. The Hall–Kier alpha value is -3.20. The number of hydrogen-bond donors (Lipinski definition) is 2. The Morgan fingerprint density at radius 3 is 2.62 bits per heavy atom. The summed E-state index contributed by atoms with van der Waals surface area (Å²) in [5.74, 6) is 0.215. The highest BCUT2D eigenvalue weighted by Crippen LogP contribution is 2.10. The van der Waals surface area contributed by atoms with Crippen molar-refractivity contribution < 1.29 is 4.79 Å².